The van der Waals surface area contributed by atoms with E-state index in [9.17, 15) is 0 Å². The number of imidazole rings is 1. The smallest absolute Gasteiger partial charge is 0.154 e. The molecule has 3 aromatic rings. The maximum Gasteiger partial charge on any atom is 0.154 e. The number of aromatic nitrogens is 4. The van der Waals surface area contributed by atoms with Crippen LogP contribution >= 0.6 is 0 Å². The van der Waals surface area contributed by atoms with Crippen molar-refractivity contribution in [1.29, 1.82) is 0 Å². The number of aryl methyl sites for hydroxylation is 2. The van der Waals surface area contributed by atoms with Gasteiger partial charge in [0.05, 0.1) is 17.1 Å². The lowest BCUT2D eigenvalue weighted by Gasteiger charge is -2.02. The van der Waals surface area contributed by atoms with Crippen LogP contribution in [0, 0.1) is 13.8 Å². The minimum Gasteiger partial charge on any atom is -0.265 e. The van der Waals surface area contributed by atoms with Crippen molar-refractivity contribution in [3.63, 3.8) is 0 Å². The van der Waals surface area contributed by atoms with Crippen molar-refractivity contribution < 1.29 is 0 Å². The molecule has 3 heterocycles. The van der Waals surface area contributed by atoms with Crippen molar-refractivity contribution in [3.8, 4) is 11.3 Å². The lowest BCUT2D eigenvalue weighted by atomic mass is 10.2. The average molecular weight is 224 g/mol. The fourth-order valence-electron chi connectivity index (χ4n) is 1.98. The minimum atomic E-state index is 0.875. The van der Waals surface area contributed by atoms with Crippen LogP contribution in [0.4, 0.5) is 0 Å². The van der Waals surface area contributed by atoms with Gasteiger partial charge in [0, 0.05) is 18.0 Å². The molecule has 3 rings (SSSR count). The number of hydrogen-bond acceptors (Lipinski definition) is 3. The summed E-state index contributed by atoms with van der Waals surface area (Å²) in [6.45, 7) is 3.98. The molecule has 4 heteroatoms. The second-order valence-corrected chi connectivity index (χ2v) is 4.03. The maximum atomic E-state index is 4.51. The van der Waals surface area contributed by atoms with Crippen molar-refractivity contribution in [3.05, 3.63) is 48.0 Å². The Morgan fingerprint density at radius 1 is 1.00 bits per heavy atom. The summed E-state index contributed by atoms with van der Waals surface area (Å²) in [7, 11) is 0. The number of nitrogens with zero attached hydrogens (tertiary/aromatic N) is 4. The van der Waals surface area contributed by atoms with Gasteiger partial charge in [0.25, 0.3) is 0 Å². The summed E-state index contributed by atoms with van der Waals surface area (Å²) in [4.78, 5) is 8.54. The van der Waals surface area contributed by atoms with Crippen LogP contribution in [0.2, 0.25) is 0 Å². The molecule has 3 aromatic heterocycles. The lowest BCUT2D eigenvalue weighted by Crippen LogP contribution is -1.96. The molecule has 0 atom stereocenters. The highest BCUT2D eigenvalue weighted by Crippen LogP contribution is 2.23. The molecular formula is C13H12N4. The van der Waals surface area contributed by atoms with Gasteiger partial charge in [-0.3, -0.25) is 4.98 Å². The first kappa shape index (κ1) is 9.96. The molecule has 0 fully saturated rings. The first-order chi connectivity index (χ1) is 8.25. The van der Waals surface area contributed by atoms with Crippen LogP contribution in [0.5, 0.6) is 0 Å². The van der Waals surface area contributed by atoms with E-state index in [1.807, 2.05) is 42.6 Å². The van der Waals surface area contributed by atoms with E-state index in [1.54, 1.807) is 12.4 Å². The zero-order valence-corrected chi connectivity index (χ0v) is 9.75. The standard InChI is InChI=1S/C13H12N4/c1-9-3-4-12-15-10(2)13(17(12)16-9)11-5-7-14-8-6-11/h3-8H,1-2H3. The van der Waals surface area contributed by atoms with Crippen LogP contribution in [0.1, 0.15) is 11.4 Å². The minimum absolute atomic E-state index is 0.875. The van der Waals surface area contributed by atoms with Crippen LogP contribution < -0.4 is 0 Å². The van der Waals surface area contributed by atoms with Gasteiger partial charge in [0.15, 0.2) is 5.65 Å². The van der Waals surface area contributed by atoms with Crippen molar-refractivity contribution in [2.45, 2.75) is 13.8 Å². The van der Waals surface area contributed by atoms with Gasteiger partial charge in [-0.1, -0.05) is 0 Å². The summed E-state index contributed by atoms with van der Waals surface area (Å²) in [5.41, 5.74) is 4.95. The first-order valence-electron chi connectivity index (χ1n) is 5.49. The SMILES string of the molecule is Cc1ccc2nc(C)c(-c3ccncc3)n2n1. The van der Waals surface area contributed by atoms with Crippen molar-refractivity contribution >= 4 is 5.65 Å². The number of pyridine rings is 1. The normalized spacial score (nSPS) is 10.9. The van der Waals surface area contributed by atoms with Crippen LogP contribution in [0.25, 0.3) is 16.9 Å². The molecule has 0 unspecified atom stereocenters. The van der Waals surface area contributed by atoms with Crippen molar-refractivity contribution in [1.82, 2.24) is 19.6 Å². The highest BCUT2D eigenvalue weighted by molar-refractivity contribution is 5.65. The molecule has 0 aliphatic carbocycles. The Kier molecular flexibility index (Phi) is 2.14. The van der Waals surface area contributed by atoms with Crippen LogP contribution in [0.15, 0.2) is 36.7 Å². The second-order valence-electron chi connectivity index (χ2n) is 4.03. The highest BCUT2D eigenvalue weighted by atomic mass is 15.3. The predicted octanol–water partition coefficient (Wildman–Crippen LogP) is 2.41. The molecule has 17 heavy (non-hydrogen) atoms. The molecule has 0 saturated heterocycles. The Morgan fingerprint density at radius 3 is 2.53 bits per heavy atom. The van der Waals surface area contributed by atoms with E-state index >= 15 is 0 Å². The fraction of sp³-hybridized carbons (Fsp3) is 0.154. The quantitative estimate of drug-likeness (QED) is 0.637. The number of hydrogen-bond donors (Lipinski definition) is 0. The molecule has 0 amide bonds. The third kappa shape index (κ3) is 1.58. The van der Waals surface area contributed by atoms with Crippen LogP contribution in [-0.4, -0.2) is 19.6 Å². The van der Waals surface area contributed by atoms with E-state index in [0.717, 1.165) is 28.3 Å². The second kappa shape index (κ2) is 3.66. The van der Waals surface area contributed by atoms with Gasteiger partial charge in [-0.15, -0.1) is 0 Å². The summed E-state index contributed by atoms with van der Waals surface area (Å²) in [5.74, 6) is 0. The summed E-state index contributed by atoms with van der Waals surface area (Å²) >= 11 is 0. The zero-order valence-electron chi connectivity index (χ0n) is 9.75. The van der Waals surface area contributed by atoms with E-state index in [-0.39, 0.29) is 0 Å². The van der Waals surface area contributed by atoms with Crippen LogP contribution in [-0.2, 0) is 0 Å². The predicted molar refractivity (Wildman–Crippen MR) is 65.7 cm³/mol. The van der Waals surface area contributed by atoms with E-state index in [2.05, 4.69) is 15.1 Å². The summed E-state index contributed by atoms with van der Waals surface area (Å²) in [5, 5.41) is 4.51. The molecule has 0 aliphatic rings. The molecule has 0 N–H and O–H groups in total. The summed E-state index contributed by atoms with van der Waals surface area (Å²) < 4.78 is 1.89. The molecule has 0 saturated carbocycles. The molecule has 0 spiro atoms. The van der Waals surface area contributed by atoms with Gasteiger partial charge in [-0.25, -0.2) is 9.50 Å². The lowest BCUT2D eigenvalue weighted by molar-refractivity contribution is 0.906. The van der Waals surface area contributed by atoms with Gasteiger partial charge >= 0.3 is 0 Å². The number of fused-ring (bicyclic) bond motifs is 1. The fourth-order valence-corrected chi connectivity index (χ4v) is 1.98. The molecule has 0 aromatic carbocycles. The molecule has 0 radical (unpaired) electrons. The van der Waals surface area contributed by atoms with Gasteiger partial charge in [0.2, 0.25) is 0 Å². The largest absolute Gasteiger partial charge is 0.265 e. The van der Waals surface area contributed by atoms with E-state index < -0.39 is 0 Å². The topological polar surface area (TPSA) is 43.1 Å². The first-order valence-corrected chi connectivity index (χ1v) is 5.49. The highest BCUT2D eigenvalue weighted by Gasteiger charge is 2.11. The maximum absolute atomic E-state index is 4.51. The van der Waals surface area contributed by atoms with Gasteiger partial charge in [-0.05, 0) is 38.1 Å². The van der Waals surface area contributed by atoms with Gasteiger partial charge in [0.1, 0.15) is 0 Å². The van der Waals surface area contributed by atoms with E-state index in [0.29, 0.717) is 0 Å². The number of rotatable bonds is 1. The Balaban J connectivity index is 2.35. The van der Waals surface area contributed by atoms with Crippen molar-refractivity contribution in [2.24, 2.45) is 0 Å². The average Bonchev–Trinajstić information content (AvgIpc) is 2.65. The Morgan fingerprint density at radius 2 is 1.76 bits per heavy atom. The monoisotopic (exact) mass is 224 g/mol. The Bertz CT molecular complexity index is 670. The third-order valence-electron chi connectivity index (χ3n) is 2.74. The zero-order chi connectivity index (χ0) is 11.8. The molecular weight excluding hydrogens is 212 g/mol. The third-order valence-corrected chi connectivity index (χ3v) is 2.74. The molecule has 0 bridgehead atoms. The van der Waals surface area contributed by atoms with Crippen LogP contribution in [0.3, 0.4) is 0 Å². The van der Waals surface area contributed by atoms with Crippen molar-refractivity contribution in [2.75, 3.05) is 0 Å². The Hall–Kier alpha value is -2.23. The van der Waals surface area contributed by atoms with E-state index in [1.165, 1.54) is 0 Å². The molecule has 0 aliphatic heterocycles. The van der Waals surface area contributed by atoms with Gasteiger partial charge in [-0.2, -0.15) is 5.10 Å². The van der Waals surface area contributed by atoms with E-state index in [4.69, 9.17) is 0 Å². The summed E-state index contributed by atoms with van der Waals surface area (Å²) in [6, 6.07) is 7.90. The van der Waals surface area contributed by atoms with Gasteiger partial charge < -0.3 is 0 Å². The molecule has 84 valence electrons. The Labute approximate surface area is 99.0 Å². The summed E-state index contributed by atoms with van der Waals surface area (Å²) in [6.07, 6.45) is 3.56. The molecule has 4 nitrogen and oxygen atoms in total.